The van der Waals surface area contributed by atoms with Crippen molar-refractivity contribution in [1.29, 1.82) is 0 Å². The molecule has 40 heavy (non-hydrogen) atoms. The summed E-state index contributed by atoms with van der Waals surface area (Å²) in [7, 11) is 0. The molecule has 0 aromatic carbocycles. The van der Waals surface area contributed by atoms with E-state index in [-0.39, 0.29) is 31.9 Å². The van der Waals surface area contributed by atoms with Crippen LogP contribution in [0.2, 0.25) is 0 Å². The first-order valence-electron chi connectivity index (χ1n) is 14.2. The molecular formula is C28H45N3O9. The van der Waals surface area contributed by atoms with Gasteiger partial charge in [-0.15, -0.1) is 0 Å². The highest BCUT2D eigenvalue weighted by atomic mass is 16.6. The van der Waals surface area contributed by atoms with Crippen LogP contribution in [-0.4, -0.2) is 103 Å². The van der Waals surface area contributed by atoms with E-state index >= 15 is 0 Å². The van der Waals surface area contributed by atoms with E-state index in [2.05, 4.69) is 10.6 Å². The average molecular weight is 568 g/mol. The van der Waals surface area contributed by atoms with Gasteiger partial charge in [-0.05, 0) is 60.3 Å². The van der Waals surface area contributed by atoms with Gasteiger partial charge < -0.3 is 34.5 Å². The van der Waals surface area contributed by atoms with Gasteiger partial charge in [0.1, 0.15) is 17.7 Å². The summed E-state index contributed by atoms with van der Waals surface area (Å²) < 4.78 is 22.8. The minimum Gasteiger partial charge on any atom is -0.444 e. The van der Waals surface area contributed by atoms with Crippen LogP contribution in [0, 0.1) is 5.92 Å². The number of carbonyl (C=O) groups is 5. The highest BCUT2D eigenvalue weighted by molar-refractivity contribution is 6.38. The average Bonchev–Trinajstić information content (AvgIpc) is 3.32. The maximum atomic E-state index is 14.0. The Bertz CT molecular complexity index is 961. The Labute approximate surface area is 236 Å². The number of alkyl carbamates (subject to hydrolysis) is 1. The Morgan fingerprint density at radius 2 is 1.70 bits per heavy atom. The van der Waals surface area contributed by atoms with E-state index in [1.54, 1.807) is 20.8 Å². The number of nitrogens with zero attached hydrogens (tertiary/aromatic N) is 1. The SMILES string of the molecule is CC(=O)C(=O)[C@@H]1CCCCOCCOCC[C@H](NC(=O)OC(C)(C)C)C(=O)N2C[C@@H]3OC(C)(C)C[C@@H]3[C@H]2C(=O)N1. The van der Waals surface area contributed by atoms with Crippen molar-refractivity contribution in [2.75, 3.05) is 33.0 Å². The topological polar surface area (TPSA) is 150 Å². The van der Waals surface area contributed by atoms with Crippen LogP contribution in [0.1, 0.15) is 73.6 Å². The Kier molecular flexibility index (Phi) is 10.7. The maximum absolute atomic E-state index is 14.0. The molecule has 12 heteroatoms. The van der Waals surface area contributed by atoms with Crippen molar-refractivity contribution in [3.63, 3.8) is 0 Å². The second kappa shape index (κ2) is 13.4. The van der Waals surface area contributed by atoms with Gasteiger partial charge in [-0.1, -0.05) is 0 Å². The van der Waals surface area contributed by atoms with E-state index in [4.69, 9.17) is 18.9 Å². The molecule has 2 N–H and O–H groups in total. The highest BCUT2D eigenvalue weighted by Gasteiger charge is 2.56. The molecule has 0 aromatic rings. The Morgan fingerprint density at radius 1 is 1.02 bits per heavy atom. The van der Waals surface area contributed by atoms with Crippen LogP contribution < -0.4 is 10.6 Å². The van der Waals surface area contributed by atoms with Gasteiger partial charge in [0, 0.05) is 39.0 Å². The predicted molar refractivity (Wildman–Crippen MR) is 143 cm³/mol. The molecule has 3 fully saturated rings. The van der Waals surface area contributed by atoms with E-state index in [0.717, 1.165) is 0 Å². The molecule has 0 aliphatic carbocycles. The second-order valence-electron chi connectivity index (χ2n) is 12.4. The number of hydrogen-bond donors (Lipinski definition) is 2. The van der Waals surface area contributed by atoms with Crippen molar-refractivity contribution in [1.82, 2.24) is 15.5 Å². The molecule has 3 aliphatic heterocycles. The van der Waals surface area contributed by atoms with Crippen molar-refractivity contribution in [2.24, 2.45) is 5.92 Å². The summed E-state index contributed by atoms with van der Waals surface area (Å²) in [5, 5.41) is 5.43. The van der Waals surface area contributed by atoms with Crippen LogP contribution in [-0.2, 0) is 38.1 Å². The largest absolute Gasteiger partial charge is 0.444 e. The highest BCUT2D eigenvalue weighted by Crippen LogP contribution is 2.43. The van der Waals surface area contributed by atoms with Crippen LogP contribution in [0.3, 0.4) is 0 Å². The molecule has 0 radical (unpaired) electrons. The lowest BCUT2D eigenvalue weighted by molar-refractivity contribution is -0.143. The van der Waals surface area contributed by atoms with Gasteiger partial charge in [-0.25, -0.2) is 4.79 Å². The predicted octanol–water partition coefficient (Wildman–Crippen LogP) is 1.52. The monoisotopic (exact) mass is 567 g/mol. The van der Waals surface area contributed by atoms with Gasteiger partial charge in [0.05, 0.1) is 31.0 Å². The number of fused-ring (bicyclic) bond motifs is 3. The minimum atomic E-state index is -1.02. The molecule has 0 spiro atoms. The molecule has 0 bridgehead atoms. The zero-order valence-electron chi connectivity index (χ0n) is 24.6. The summed E-state index contributed by atoms with van der Waals surface area (Å²) in [5.41, 5.74) is -1.27. The van der Waals surface area contributed by atoms with Crippen LogP contribution in [0.25, 0.3) is 0 Å². The zero-order valence-corrected chi connectivity index (χ0v) is 24.6. The molecule has 3 saturated heterocycles. The summed E-state index contributed by atoms with van der Waals surface area (Å²) in [6.45, 7) is 11.6. The zero-order chi connectivity index (χ0) is 29.7. The number of Topliss-reactive ketones (excluding diaryl/α,β-unsaturated/α-hetero) is 2. The van der Waals surface area contributed by atoms with Gasteiger partial charge in [0.25, 0.3) is 0 Å². The van der Waals surface area contributed by atoms with E-state index < -0.39 is 64.9 Å². The Morgan fingerprint density at radius 3 is 2.35 bits per heavy atom. The Balaban J connectivity index is 1.91. The first kappa shape index (κ1) is 32.0. The fourth-order valence-corrected chi connectivity index (χ4v) is 5.59. The third kappa shape index (κ3) is 8.71. The number of ether oxygens (including phenoxy) is 4. The van der Waals surface area contributed by atoms with Gasteiger partial charge in [0.15, 0.2) is 5.78 Å². The minimum absolute atomic E-state index is 0.149. The number of hydrogen-bond acceptors (Lipinski definition) is 9. The lowest BCUT2D eigenvalue weighted by Gasteiger charge is -2.33. The lowest BCUT2D eigenvalue weighted by atomic mass is 9.89. The fourth-order valence-electron chi connectivity index (χ4n) is 5.59. The quantitative estimate of drug-likeness (QED) is 0.484. The van der Waals surface area contributed by atoms with Gasteiger partial charge >= 0.3 is 6.09 Å². The van der Waals surface area contributed by atoms with Crippen LogP contribution in [0.5, 0.6) is 0 Å². The van der Waals surface area contributed by atoms with Gasteiger partial charge in [-0.2, -0.15) is 0 Å². The number of rotatable bonds is 3. The summed E-state index contributed by atoms with van der Waals surface area (Å²) >= 11 is 0. The van der Waals surface area contributed by atoms with Crippen LogP contribution >= 0.6 is 0 Å². The van der Waals surface area contributed by atoms with E-state index in [9.17, 15) is 24.0 Å². The summed E-state index contributed by atoms with van der Waals surface area (Å²) in [5.74, 6) is -2.63. The molecule has 3 heterocycles. The van der Waals surface area contributed by atoms with Crippen molar-refractivity contribution in [2.45, 2.75) is 109 Å². The number of nitrogens with one attached hydrogen (secondary N) is 2. The summed E-state index contributed by atoms with van der Waals surface area (Å²) in [6, 6.07) is -2.97. The maximum Gasteiger partial charge on any atom is 0.408 e. The molecule has 5 atom stereocenters. The van der Waals surface area contributed by atoms with Crippen molar-refractivity contribution in [3.8, 4) is 0 Å². The molecule has 0 unspecified atom stereocenters. The number of carbonyl (C=O) groups excluding carboxylic acids is 5. The van der Waals surface area contributed by atoms with E-state index in [0.29, 0.717) is 39.1 Å². The fraction of sp³-hybridized carbons (Fsp3) is 0.821. The van der Waals surface area contributed by atoms with Crippen molar-refractivity contribution < 1.29 is 42.9 Å². The summed E-state index contributed by atoms with van der Waals surface area (Å²) in [4.78, 5) is 66.5. The van der Waals surface area contributed by atoms with E-state index in [1.165, 1.54) is 11.8 Å². The van der Waals surface area contributed by atoms with Gasteiger partial charge in [0.2, 0.25) is 17.6 Å². The third-order valence-corrected chi connectivity index (χ3v) is 7.27. The number of ketones is 2. The van der Waals surface area contributed by atoms with Crippen molar-refractivity contribution >= 4 is 29.5 Å². The molecule has 0 saturated carbocycles. The van der Waals surface area contributed by atoms with Gasteiger partial charge in [-0.3, -0.25) is 19.2 Å². The molecule has 3 rings (SSSR count). The third-order valence-electron chi connectivity index (χ3n) is 7.27. The van der Waals surface area contributed by atoms with Crippen LogP contribution in [0.15, 0.2) is 0 Å². The smallest absolute Gasteiger partial charge is 0.408 e. The summed E-state index contributed by atoms with van der Waals surface area (Å²) in [6.07, 6.45) is 0.986. The second-order valence-corrected chi connectivity index (χ2v) is 12.4. The molecule has 226 valence electrons. The molecule has 0 aromatic heterocycles. The molecule has 12 nitrogen and oxygen atoms in total. The van der Waals surface area contributed by atoms with Crippen molar-refractivity contribution in [3.05, 3.63) is 0 Å². The normalized spacial score (nSPS) is 30.4. The molecule has 3 aliphatic rings. The standard InChI is InChI=1S/C28H45N3O9/c1-17(32)23(33)19-9-7-8-11-37-13-14-38-12-10-20(30-26(36)40-27(2,3)4)25(35)31-16-21-18(15-28(5,6)39-21)22(31)24(34)29-19/h18-22H,7-16H2,1-6H3,(H,29,34)(H,30,36)/t18-,19-,20-,21-,22-/m0/s1. The molecular weight excluding hydrogens is 522 g/mol. The van der Waals surface area contributed by atoms with Crippen LogP contribution in [0.4, 0.5) is 4.79 Å². The first-order valence-corrected chi connectivity index (χ1v) is 14.2. The van der Waals surface area contributed by atoms with E-state index in [1.807, 2.05) is 13.8 Å². The lowest BCUT2D eigenvalue weighted by Crippen LogP contribution is -2.57. The Hall–Kier alpha value is -2.57. The first-order chi connectivity index (χ1) is 18.7. The number of amides is 3. The molecule has 3 amide bonds.